The molecule has 0 amide bonds. The molecule has 4 nitrogen and oxygen atoms in total. The Bertz CT molecular complexity index is 464. The fourth-order valence-corrected chi connectivity index (χ4v) is 3.16. The van der Waals surface area contributed by atoms with Gasteiger partial charge in [0.1, 0.15) is 17.5 Å². The minimum Gasteiger partial charge on any atom is -0.370 e. The van der Waals surface area contributed by atoms with Crippen molar-refractivity contribution in [2.45, 2.75) is 70.3 Å². The van der Waals surface area contributed by atoms with Crippen LogP contribution in [0.3, 0.4) is 0 Å². The third kappa shape index (κ3) is 3.66. The minimum absolute atomic E-state index is 0.604. The Morgan fingerprint density at radius 1 is 1.14 bits per heavy atom. The highest BCUT2D eigenvalue weighted by molar-refractivity contribution is 5.50. The first-order valence-corrected chi connectivity index (χ1v) is 8.63. The van der Waals surface area contributed by atoms with Gasteiger partial charge in [0, 0.05) is 31.6 Å². The molecule has 0 atom stereocenters. The summed E-state index contributed by atoms with van der Waals surface area (Å²) >= 11 is 0. The fourth-order valence-electron chi connectivity index (χ4n) is 3.16. The summed E-state index contributed by atoms with van der Waals surface area (Å²) < 4.78 is 0. The third-order valence-corrected chi connectivity index (χ3v) is 4.71. The van der Waals surface area contributed by atoms with E-state index in [1.165, 1.54) is 44.9 Å². The van der Waals surface area contributed by atoms with Crippen molar-refractivity contribution in [1.82, 2.24) is 9.97 Å². The molecule has 1 aromatic rings. The number of aromatic nitrogens is 2. The van der Waals surface area contributed by atoms with Crippen LogP contribution in [-0.4, -0.2) is 29.6 Å². The minimum atomic E-state index is 0.604. The quantitative estimate of drug-likeness (QED) is 0.860. The van der Waals surface area contributed by atoms with Gasteiger partial charge in [-0.3, -0.25) is 0 Å². The zero-order valence-corrected chi connectivity index (χ0v) is 13.4. The van der Waals surface area contributed by atoms with E-state index in [4.69, 9.17) is 9.97 Å². The first-order valence-electron chi connectivity index (χ1n) is 8.63. The Morgan fingerprint density at radius 2 is 1.90 bits per heavy atom. The van der Waals surface area contributed by atoms with Crippen molar-refractivity contribution in [3.05, 3.63) is 11.9 Å². The lowest BCUT2D eigenvalue weighted by atomic mass is 9.94. The number of anilines is 2. The van der Waals surface area contributed by atoms with Crippen LogP contribution in [0.4, 0.5) is 11.6 Å². The van der Waals surface area contributed by atoms with Crippen molar-refractivity contribution in [2.75, 3.05) is 23.8 Å². The smallest absolute Gasteiger partial charge is 0.136 e. The average Bonchev–Trinajstić information content (AvgIpc) is 3.37. The summed E-state index contributed by atoms with van der Waals surface area (Å²) in [4.78, 5) is 12.0. The summed E-state index contributed by atoms with van der Waals surface area (Å²) in [5, 5.41) is 3.44. The Hall–Kier alpha value is -1.32. The molecule has 1 aromatic heterocycles. The third-order valence-electron chi connectivity index (χ3n) is 4.71. The van der Waals surface area contributed by atoms with Crippen LogP contribution >= 0.6 is 0 Å². The lowest BCUT2D eigenvalue weighted by Gasteiger charge is -2.32. The van der Waals surface area contributed by atoms with Gasteiger partial charge in [-0.1, -0.05) is 26.2 Å². The SMILES string of the molecule is CCCNc1cc(N(C)C2CCCCC2)nc(C2CC2)n1. The molecule has 1 heterocycles. The van der Waals surface area contributed by atoms with Crippen LogP contribution in [0.5, 0.6) is 0 Å². The van der Waals surface area contributed by atoms with Crippen LogP contribution in [-0.2, 0) is 0 Å². The van der Waals surface area contributed by atoms with Gasteiger partial charge in [0.05, 0.1) is 0 Å². The Morgan fingerprint density at radius 3 is 2.57 bits per heavy atom. The predicted octanol–water partition coefficient (Wildman–Crippen LogP) is 3.94. The van der Waals surface area contributed by atoms with Gasteiger partial charge in [-0.05, 0) is 32.1 Å². The molecule has 0 saturated heterocycles. The molecule has 0 unspecified atom stereocenters. The van der Waals surface area contributed by atoms with E-state index in [0.29, 0.717) is 12.0 Å². The topological polar surface area (TPSA) is 41.0 Å². The van der Waals surface area contributed by atoms with Crippen LogP contribution in [0.15, 0.2) is 6.07 Å². The van der Waals surface area contributed by atoms with Gasteiger partial charge in [0.15, 0.2) is 0 Å². The molecule has 0 bridgehead atoms. The molecule has 2 aliphatic rings. The summed E-state index contributed by atoms with van der Waals surface area (Å²) in [5.41, 5.74) is 0. The van der Waals surface area contributed by atoms with Crippen molar-refractivity contribution in [1.29, 1.82) is 0 Å². The Labute approximate surface area is 128 Å². The first kappa shape index (κ1) is 14.6. The molecule has 0 radical (unpaired) electrons. The highest BCUT2D eigenvalue weighted by Crippen LogP contribution is 2.39. The Kier molecular flexibility index (Phi) is 4.61. The van der Waals surface area contributed by atoms with Gasteiger partial charge >= 0.3 is 0 Å². The van der Waals surface area contributed by atoms with Crippen molar-refractivity contribution < 1.29 is 0 Å². The van der Waals surface area contributed by atoms with Crippen LogP contribution in [0.2, 0.25) is 0 Å². The summed E-state index contributed by atoms with van der Waals surface area (Å²) in [6.45, 7) is 3.17. The number of hydrogen-bond donors (Lipinski definition) is 1. The summed E-state index contributed by atoms with van der Waals surface area (Å²) in [6, 6.07) is 2.79. The van der Waals surface area contributed by atoms with Crippen LogP contribution in [0.25, 0.3) is 0 Å². The largest absolute Gasteiger partial charge is 0.370 e. The molecule has 3 rings (SSSR count). The summed E-state index contributed by atoms with van der Waals surface area (Å²) in [5.74, 6) is 3.77. The van der Waals surface area contributed by atoms with Crippen molar-refractivity contribution in [2.24, 2.45) is 0 Å². The molecule has 2 fully saturated rings. The second-order valence-electron chi connectivity index (χ2n) is 6.57. The zero-order chi connectivity index (χ0) is 14.7. The summed E-state index contributed by atoms with van der Waals surface area (Å²) in [6.07, 6.45) is 10.3. The Balaban J connectivity index is 1.79. The standard InChI is InChI=1S/C17H28N4/c1-3-11-18-15-12-16(20-17(19-15)13-9-10-13)21(2)14-7-5-4-6-8-14/h12-14H,3-11H2,1-2H3,(H,18,19,20). The van der Waals surface area contributed by atoms with E-state index in [0.717, 1.165) is 30.4 Å². The molecule has 0 aromatic carbocycles. The first-order chi connectivity index (χ1) is 10.3. The van der Waals surface area contributed by atoms with E-state index in [1.807, 2.05) is 0 Å². The normalized spacial score (nSPS) is 19.5. The van der Waals surface area contributed by atoms with E-state index < -0.39 is 0 Å². The molecule has 2 aliphatic carbocycles. The number of nitrogens with zero attached hydrogens (tertiary/aromatic N) is 3. The van der Waals surface area contributed by atoms with Gasteiger partial charge < -0.3 is 10.2 Å². The van der Waals surface area contributed by atoms with Crippen LogP contribution < -0.4 is 10.2 Å². The molecule has 0 spiro atoms. The molecule has 2 saturated carbocycles. The van der Waals surface area contributed by atoms with Crippen LogP contribution in [0, 0.1) is 0 Å². The van der Waals surface area contributed by atoms with Gasteiger partial charge in [-0.25, -0.2) is 9.97 Å². The molecule has 0 aliphatic heterocycles. The van der Waals surface area contributed by atoms with E-state index in [1.54, 1.807) is 0 Å². The zero-order valence-electron chi connectivity index (χ0n) is 13.4. The highest BCUT2D eigenvalue weighted by Gasteiger charge is 2.28. The van der Waals surface area contributed by atoms with Crippen molar-refractivity contribution in [3.63, 3.8) is 0 Å². The molecule has 4 heteroatoms. The average molecular weight is 288 g/mol. The summed E-state index contributed by atoms with van der Waals surface area (Å²) in [7, 11) is 2.21. The van der Waals surface area contributed by atoms with Gasteiger partial charge in [-0.2, -0.15) is 0 Å². The number of nitrogens with one attached hydrogen (secondary N) is 1. The maximum Gasteiger partial charge on any atom is 0.136 e. The molecule has 116 valence electrons. The maximum absolute atomic E-state index is 4.85. The second-order valence-corrected chi connectivity index (χ2v) is 6.57. The maximum atomic E-state index is 4.85. The van der Waals surface area contributed by atoms with E-state index >= 15 is 0 Å². The predicted molar refractivity (Wildman–Crippen MR) is 88.1 cm³/mol. The van der Waals surface area contributed by atoms with E-state index in [9.17, 15) is 0 Å². The monoisotopic (exact) mass is 288 g/mol. The molecule has 21 heavy (non-hydrogen) atoms. The van der Waals surface area contributed by atoms with E-state index in [-0.39, 0.29) is 0 Å². The number of hydrogen-bond acceptors (Lipinski definition) is 4. The van der Waals surface area contributed by atoms with Gasteiger partial charge in [0.25, 0.3) is 0 Å². The lowest BCUT2D eigenvalue weighted by molar-refractivity contribution is 0.425. The van der Waals surface area contributed by atoms with Gasteiger partial charge in [0.2, 0.25) is 0 Å². The molecular formula is C17H28N4. The fraction of sp³-hybridized carbons (Fsp3) is 0.765. The van der Waals surface area contributed by atoms with Gasteiger partial charge in [-0.15, -0.1) is 0 Å². The van der Waals surface area contributed by atoms with E-state index in [2.05, 4.69) is 30.3 Å². The lowest BCUT2D eigenvalue weighted by Crippen LogP contribution is -2.34. The van der Waals surface area contributed by atoms with Crippen molar-refractivity contribution >= 4 is 11.6 Å². The van der Waals surface area contributed by atoms with Crippen LogP contribution in [0.1, 0.15) is 70.0 Å². The number of rotatable bonds is 6. The van der Waals surface area contributed by atoms with Crippen molar-refractivity contribution in [3.8, 4) is 0 Å². The second kappa shape index (κ2) is 6.63. The highest BCUT2D eigenvalue weighted by atomic mass is 15.2. The molecule has 1 N–H and O–H groups in total. The molecular weight excluding hydrogens is 260 g/mol.